The zero-order valence-corrected chi connectivity index (χ0v) is 28.5. The van der Waals surface area contributed by atoms with Crippen molar-refractivity contribution in [3.05, 3.63) is 71.8 Å². The maximum absolute atomic E-state index is 12.4. The molecule has 0 N–H and O–H groups in total. The molecule has 4 rings (SSSR count). The van der Waals surface area contributed by atoms with Gasteiger partial charge in [0.2, 0.25) is 0 Å². The Morgan fingerprint density at radius 1 is 0.739 bits per heavy atom. The molecule has 2 aliphatic rings. The Morgan fingerprint density at radius 3 is 1.85 bits per heavy atom. The number of carbonyl (C=O) groups excluding carboxylic acids is 2. The molecule has 2 fully saturated rings. The highest BCUT2D eigenvalue weighted by atomic mass is 16.6. The molecule has 0 amide bonds. The predicted octanol–water partition coefficient (Wildman–Crippen LogP) is 8.76. The Kier molecular flexibility index (Phi) is 14.4. The van der Waals surface area contributed by atoms with E-state index < -0.39 is 11.9 Å². The lowest BCUT2D eigenvalue weighted by molar-refractivity contribution is -0.146. The van der Waals surface area contributed by atoms with Crippen molar-refractivity contribution in [3.63, 3.8) is 0 Å². The Hall–Kier alpha value is -2.96. The molecular weight excluding hydrogens is 576 g/mol. The molecule has 0 aromatic heterocycles. The third kappa shape index (κ3) is 10.3. The maximum Gasteiger partial charge on any atom is 0.335 e. The van der Waals surface area contributed by atoms with Crippen LogP contribution in [0.15, 0.2) is 60.7 Å². The van der Waals surface area contributed by atoms with Crippen molar-refractivity contribution in [2.75, 3.05) is 40.6 Å². The number of unbranched alkanes of at least 4 members (excludes halogenated alkanes) is 2. The van der Waals surface area contributed by atoms with Crippen LogP contribution in [0.4, 0.5) is 0 Å². The zero-order chi connectivity index (χ0) is 32.9. The van der Waals surface area contributed by atoms with Crippen molar-refractivity contribution in [3.8, 4) is 0 Å². The first-order valence-corrected chi connectivity index (χ1v) is 17.5. The number of hydrogen-bond donors (Lipinski definition) is 0. The van der Waals surface area contributed by atoms with E-state index in [1.807, 2.05) is 0 Å². The van der Waals surface area contributed by atoms with Gasteiger partial charge in [-0.2, -0.15) is 0 Å². The molecule has 0 unspecified atom stereocenters. The first-order chi connectivity index (χ1) is 22.3. The number of methoxy groups -OCH3 is 2. The van der Waals surface area contributed by atoms with Gasteiger partial charge in [-0.3, -0.25) is 0 Å². The van der Waals surface area contributed by atoms with E-state index in [2.05, 4.69) is 56.5 Å². The van der Waals surface area contributed by atoms with Crippen molar-refractivity contribution < 1.29 is 28.5 Å². The highest BCUT2D eigenvalue weighted by Gasteiger charge is 2.35. The summed E-state index contributed by atoms with van der Waals surface area (Å²) in [5.74, 6) is 1.47. The van der Waals surface area contributed by atoms with Gasteiger partial charge < -0.3 is 18.9 Å². The van der Waals surface area contributed by atoms with Crippen molar-refractivity contribution in [2.45, 2.75) is 89.9 Å². The summed E-state index contributed by atoms with van der Waals surface area (Å²) < 4.78 is 21.2. The molecule has 46 heavy (non-hydrogen) atoms. The number of aryl methyl sites for hydroxylation is 1. The minimum absolute atomic E-state index is 0.0735. The minimum atomic E-state index is -0.467. The number of benzene rings is 2. The molecule has 0 aliphatic heterocycles. The van der Waals surface area contributed by atoms with Gasteiger partial charge in [-0.1, -0.05) is 69.3 Å². The molecular formula is C40H56O6. The van der Waals surface area contributed by atoms with Crippen LogP contribution >= 0.6 is 0 Å². The van der Waals surface area contributed by atoms with Gasteiger partial charge in [0.1, 0.15) is 0 Å². The molecule has 0 saturated heterocycles. The van der Waals surface area contributed by atoms with Gasteiger partial charge in [-0.15, -0.1) is 0 Å². The summed E-state index contributed by atoms with van der Waals surface area (Å²) in [6.07, 6.45) is 14.5. The largest absolute Gasteiger partial charge is 0.462 e. The van der Waals surface area contributed by atoms with Crippen LogP contribution in [0.2, 0.25) is 0 Å². The summed E-state index contributed by atoms with van der Waals surface area (Å²) in [5, 5.41) is 2.74. The quantitative estimate of drug-likeness (QED) is 0.0987. The molecule has 2 saturated carbocycles. The van der Waals surface area contributed by atoms with Crippen LogP contribution in [-0.2, 0) is 35.0 Å². The lowest BCUT2D eigenvalue weighted by Crippen LogP contribution is -2.33. The van der Waals surface area contributed by atoms with Gasteiger partial charge in [0.15, 0.2) is 0 Å². The Morgan fingerprint density at radius 2 is 1.28 bits per heavy atom. The molecule has 2 aliphatic carbocycles. The van der Waals surface area contributed by atoms with Gasteiger partial charge in [0.25, 0.3) is 0 Å². The average Bonchev–Trinajstić information content (AvgIpc) is 3.08. The molecule has 6 heteroatoms. The van der Waals surface area contributed by atoms with E-state index in [1.54, 1.807) is 0 Å². The highest BCUT2D eigenvalue weighted by molar-refractivity contribution is 5.88. The second-order valence-electron chi connectivity index (χ2n) is 13.7. The zero-order valence-electron chi connectivity index (χ0n) is 28.5. The molecule has 2 aromatic rings. The van der Waals surface area contributed by atoms with Gasteiger partial charge in [-0.05, 0) is 110 Å². The van der Waals surface area contributed by atoms with Crippen LogP contribution < -0.4 is 0 Å². The highest BCUT2D eigenvalue weighted by Crippen LogP contribution is 2.45. The maximum atomic E-state index is 12.4. The summed E-state index contributed by atoms with van der Waals surface area (Å²) in [4.78, 5) is 24.8. The van der Waals surface area contributed by atoms with E-state index in [0.717, 1.165) is 24.7 Å². The van der Waals surface area contributed by atoms with Crippen molar-refractivity contribution in [1.82, 2.24) is 0 Å². The number of rotatable bonds is 17. The van der Waals surface area contributed by atoms with E-state index in [-0.39, 0.29) is 43.5 Å². The van der Waals surface area contributed by atoms with Crippen LogP contribution in [0.5, 0.6) is 0 Å². The number of ether oxygens (including phenoxy) is 4. The fourth-order valence-electron chi connectivity index (χ4n) is 7.67. The third-order valence-electron chi connectivity index (χ3n) is 10.5. The second-order valence-corrected chi connectivity index (χ2v) is 13.7. The summed E-state index contributed by atoms with van der Waals surface area (Å²) in [7, 11) is 3.04. The summed E-state index contributed by atoms with van der Waals surface area (Å²) in [5.41, 5.74) is 3.52. The second kappa shape index (κ2) is 18.4. The average molecular weight is 633 g/mol. The van der Waals surface area contributed by atoms with Crippen LogP contribution in [0.25, 0.3) is 10.8 Å². The molecule has 0 spiro atoms. The van der Waals surface area contributed by atoms with E-state index in [0.29, 0.717) is 11.8 Å². The van der Waals surface area contributed by atoms with Crippen LogP contribution in [0.3, 0.4) is 0 Å². The minimum Gasteiger partial charge on any atom is -0.462 e. The first kappa shape index (κ1) is 35.9. The standard InChI is InChI=1S/C40H56O6/c1-6-7-8-9-30-10-11-37-23-36(21-20-35(37)22-30)33-16-12-31(13-17-33)32-14-18-34(19-15-32)38(26-45-39(41)28(2)24-43-4)27-46-40(42)29(3)25-44-5/h10-11,20-23,31-34,38H,2-3,6-9,12-19,24-27H2,1,4-5H3. The molecule has 0 atom stereocenters. The topological polar surface area (TPSA) is 71.1 Å². The third-order valence-corrected chi connectivity index (χ3v) is 10.5. The fourth-order valence-corrected chi connectivity index (χ4v) is 7.67. The normalized spacial score (nSPS) is 21.7. The van der Waals surface area contributed by atoms with Gasteiger partial charge >= 0.3 is 11.9 Å². The fraction of sp³-hybridized carbons (Fsp3) is 0.600. The van der Waals surface area contributed by atoms with Crippen LogP contribution in [-0.4, -0.2) is 52.6 Å². The van der Waals surface area contributed by atoms with Gasteiger partial charge in [0, 0.05) is 20.1 Å². The predicted molar refractivity (Wildman–Crippen MR) is 185 cm³/mol. The van der Waals surface area contributed by atoms with Gasteiger partial charge in [-0.25, -0.2) is 9.59 Å². The lowest BCUT2D eigenvalue weighted by Gasteiger charge is -2.39. The number of fused-ring (bicyclic) bond motifs is 1. The van der Waals surface area contributed by atoms with Crippen LogP contribution in [0.1, 0.15) is 94.6 Å². The van der Waals surface area contributed by atoms with Crippen molar-refractivity contribution in [1.29, 1.82) is 0 Å². The Bertz CT molecular complexity index is 1260. The van der Waals surface area contributed by atoms with E-state index in [4.69, 9.17) is 18.9 Å². The van der Waals surface area contributed by atoms with Crippen molar-refractivity contribution in [2.24, 2.45) is 23.7 Å². The van der Waals surface area contributed by atoms with Gasteiger partial charge in [0.05, 0.1) is 37.6 Å². The number of esters is 2. The van der Waals surface area contributed by atoms with E-state index >= 15 is 0 Å². The Labute approximate surface area is 276 Å². The van der Waals surface area contributed by atoms with E-state index in [1.165, 1.54) is 100 Å². The first-order valence-electron chi connectivity index (χ1n) is 17.5. The molecule has 0 heterocycles. The summed E-state index contributed by atoms with van der Waals surface area (Å²) in [6, 6.07) is 14.2. The van der Waals surface area contributed by atoms with Crippen LogP contribution in [0, 0.1) is 23.7 Å². The molecule has 252 valence electrons. The SMILES string of the molecule is C=C(COC)C(=O)OCC(COC(=O)C(=C)COC)C1CCC(C2CCC(c3ccc4cc(CCCCC)ccc4c3)CC2)CC1. The monoisotopic (exact) mass is 632 g/mol. The summed E-state index contributed by atoms with van der Waals surface area (Å²) >= 11 is 0. The number of carbonyl (C=O) groups is 2. The Balaban J connectivity index is 1.28. The molecule has 6 nitrogen and oxygen atoms in total. The number of hydrogen-bond acceptors (Lipinski definition) is 6. The molecule has 2 aromatic carbocycles. The van der Waals surface area contributed by atoms with E-state index in [9.17, 15) is 9.59 Å². The smallest absolute Gasteiger partial charge is 0.335 e. The van der Waals surface area contributed by atoms with Crippen molar-refractivity contribution >= 4 is 22.7 Å². The summed E-state index contributed by atoms with van der Waals surface area (Å²) in [6.45, 7) is 10.4. The molecule has 0 radical (unpaired) electrons. The molecule has 0 bridgehead atoms. The lowest BCUT2D eigenvalue weighted by atomic mass is 9.67.